The first kappa shape index (κ1) is 35.1. The Morgan fingerprint density at radius 2 is 1.65 bits per heavy atom. The third-order valence-electron chi connectivity index (χ3n) is 7.68. The van der Waals surface area contributed by atoms with Gasteiger partial charge in [-0.05, 0) is 76.6 Å². The van der Waals surface area contributed by atoms with E-state index in [9.17, 15) is 14.4 Å². The molecule has 0 spiro atoms. The number of hydrogen-bond acceptors (Lipinski definition) is 6. The highest BCUT2D eigenvalue weighted by Crippen LogP contribution is 2.48. The first-order valence-corrected chi connectivity index (χ1v) is 16.0. The molecule has 9 nitrogen and oxygen atoms in total. The summed E-state index contributed by atoms with van der Waals surface area (Å²) < 4.78 is 11.0. The van der Waals surface area contributed by atoms with Crippen molar-refractivity contribution in [2.75, 3.05) is 39.2 Å². The summed E-state index contributed by atoms with van der Waals surface area (Å²) in [6.07, 6.45) is 1.84. The van der Waals surface area contributed by atoms with Crippen LogP contribution in [0.1, 0.15) is 67.1 Å². The number of nitrogens with one attached hydrogen (secondary N) is 2. The molecule has 1 heterocycles. The smallest absolute Gasteiger partial charge is 0.407 e. The predicted molar refractivity (Wildman–Crippen MR) is 182 cm³/mol. The van der Waals surface area contributed by atoms with Gasteiger partial charge >= 0.3 is 6.09 Å². The van der Waals surface area contributed by atoms with E-state index in [2.05, 4.69) is 10.6 Å². The molecule has 246 valence electrons. The van der Waals surface area contributed by atoms with Crippen LogP contribution in [0.15, 0.2) is 60.7 Å². The van der Waals surface area contributed by atoms with Gasteiger partial charge in [0.05, 0.1) is 19.3 Å². The maximum Gasteiger partial charge on any atom is 0.407 e. The van der Waals surface area contributed by atoms with E-state index in [1.165, 1.54) is 4.90 Å². The van der Waals surface area contributed by atoms with Crippen molar-refractivity contribution in [3.63, 3.8) is 0 Å². The summed E-state index contributed by atoms with van der Waals surface area (Å²) in [6, 6.07) is 18.0. The van der Waals surface area contributed by atoms with Crippen LogP contribution in [0.2, 0.25) is 10.0 Å². The number of nitrogens with zero attached hydrogens (tertiary/aromatic N) is 2. The number of ether oxygens (including phenoxy) is 2. The molecule has 2 N–H and O–H groups in total. The van der Waals surface area contributed by atoms with Crippen LogP contribution < -0.4 is 20.3 Å². The van der Waals surface area contributed by atoms with Crippen molar-refractivity contribution in [3.05, 3.63) is 93.0 Å². The van der Waals surface area contributed by atoms with E-state index < -0.39 is 17.2 Å². The second kappa shape index (κ2) is 14.8. The Balaban J connectivity index is 1.61. The van der Waals surface area contributed by atoms with Gasteiger partial charge in [-0.25, -0.2) is 4.79 Å². The number of unbranched alkanes of at least 4 members (excludes halogenated alkanes) is 2. The van der Waals surface area contributed by atoms with E-state index >= 15 is 0 Å². The highest BCUT2D eigenvalue weighted by molar-refractivity contribution is 6.32. The van der Waals surface area contributed by atoms with Crippen molar-refractivity contribution in [2.45, 2.75) is 57.7 Å². The highest BCUT2D eigenvalue weighted by atomic mass is 35.5. The fourth-order valence-electron chi connectivity index (χ4n) is 5.56. The molecular weight excluding hydrogens is 627 g/mol. The average Bonchev–Trinajstić information content (AvgIpc) is 3.22. The Morgan fingerprint density at radius 1 is 0.935 bits per heavy atom. The lowest BCUT2D eigenvalue weighted by Gasteiger charge is -2.32. The molecule has 0 saturated heterocycles. The Labute approximate surface area is 281 Å². The molecule has 3 aromatic carbocycles. The second-order valence-corrected chi connectivity index (χ2v) is 13.3. The topological polar surface area (TPSA) is 100 Å². The van der Waals surface area contributed by atoms with Crippen LogP contribution in [0.4, 0.5) is 10.5 Å². The summed E-state index contributed by atoms with van der Waals surface area (Å²) >= 11 is 13.3. The molecule has 1 aliphatic rings. The van der Waals surface area contributed by atoms with Crippen LogP contribution >= 0.6 is 23.2 Å². The van der Waals surface area contributed by atoms with Gasteiger partial charge in [-0.15, -0.1) is 0 Å². The second-order valence-electron chi connectivity index (χ2n) is 12.4. The van der Waals surface area contributed by atoms with Gasteiger partial charge in [0.15, 0.2) is 5.54 Å². The molecule has 46 heavy (non-hydrogen) atoms. The zero-order chi connectivity index (χ0) is 33.6. The van der Waals surface area contributed by atoms with Crippen LogP contribution in [-0.2, 0) is 21.6 Å². The van der Waals surface area contributed by atoms with Crippen LogP contribution in [0, 0.1) is 0 Å². The van der Waals surface area contributed by atoms with Gasteiger partial charge < -0.3 is 24.6 Å². The van der Waals surface area contributed by atoms with E-state index in [0.717, 1.165) is 24.8 Å². The van der Waals surface area contributed by atoms with Gasteiger partial charge in [-0.3, -0.25) is 14.9 Å². The maximum atomic E-state index is 14.8. The quantitative estimate of drug-likeness (QED) is 0.207. The van der Waals surface area contributed by atoms with Gasteiger partial charge in [-0.2, -0.15) is 0 Å². The minimum absolute atomic E-state index is 0.148. The number of carbonyl (C=O) groups excluding carboxylic acids is 3. The summed E-state index contributed by atoms with van der Waals surface area (Å²) in [5.74, 6) is 0.142. The number of halogens is 2. The fraction of sp³-hybridized carbons (Fsp3) is 0.400. The van der Waals surface area contributed by atoms with E-state index in [1.54, 1.807) is 50.4 Å². The number of anilines is 1. The van der Waals surface area contributed by atoms with Gasteiger partial charge in [0.2, 0.25) is 0 Å². The average molecular weight is 670 g/mol. The van der Waals surface area contributed by atoms with Crippen LogP contribution in [0.25, 0.3) is 0 Å². The Kier molecular flexibility index (Phi) is 11.2. The summed E-state index contributed by atoms with van der Waals surface area (Å²) in [5.41, 5.74) is 1.38. The monoisotopic (exact) mass is 668 g/mol. The van der Waals surface area contributed by atoms with Gasteiger partial charge in [-0.1, -0.05) is 53.9 Å². The predicted octanol–water partition coefficient (Wildman–Crippen LogP) is 6.78. The summed E-state index contributed by atoms with van der Waals surface area (Å²) in [7, 11) is 4.92. The molecule has 3 amide bonds. The van der Waals surface area contributed by atoms with Gasteiger partial charge in [0, 0.05) is 52.9 Å². The molecular formula is C35H42Cl2N4O5. The summed E-state index contributed by atoms with van der Waals surface area (Å²) in [5, 5.41) is 7.29. The number of hydrogen-bond donors (Lipinski definition) is 2. The molecule has 11 heteroatoms. The Hall–Kier alpha value is -3.79. The largest absolute Gasteiger partial charge is 0.496 e. The first-order valence-electron chi connectivity index (χ1n) is 15.3. The lowest BCUT2D eigenvalue weighted by molar-refractivity contribution is -0.123. The Morgan fingerprint density at radius 3 is 2.33 bits per heavy atom. The van der Waals surface area contributed by atoms with Crippen molar-refractivity contribution in [2.24, 2.45) is 0 Å². The van der Waals surface area contributed by atoms with E-state index in [4.69, 9.17) is 32.7 Å². The number of fused-ring (bicyclic) bond motifs is 1. The zero-order valence-corrected chi connectivity index (χ0v) is 28.7. The van der Waals surface area contributed by atoms with Crippen molar-refractivity contribution in [3.8, 4) is 5.75 Å². The maximum absolute atomic E-state index is 14.8. The van der Waals surface area contributed by atoms with E-state index in [1.807, 2.05) is 57.2 Å². The molecule has 0 aliphatic carbocycles. The molecule has 0 fully saturated rings. The summed E-state index contributed by atoms with van der Waals surface area (Å²) in [4.78, 5) is 42.6. The van der Waals surface area contributed by atoms with Gasteiger partial charge in [0.1, 0.15) is 11.4 Å². The lowest BCUT2D eigenvalue weighted by Crippen LogP contribution is -2.52. The fourth-order valence-corrected chi connectivity index (χ4v) is 6.01. The molecule has 0 aromatic heterocycles. The van der Waals surface area contributed by atoms with E-state index in [0.29, 0.717) is 51.3 Å². The van der Waals surface area contributed by atoms with Crippen molar-refractivity contribution >= 4 is 46.8 Å². The third-order valence-corrected chi connectivity index (χ3v) is 8.24. The molecule has 0 bridgehead atoms. The van der Waals surface area contributed by atoms with Crippen LogP contribution in [-0.4, -0.2) is 62.7 Å². The number of benzene rings is 3. The van der Waals surface area contributed by atoms with Crippen molar-refractivity contribution < 1.29 is 23.9 Å². The molecule has 3 aromatic rings. The molecule has 1 atom stereocenters. The van der Waals surface area contributed by atoms with Crippen molar-refractivity contribution in [1.29, 1.82) is 0 Å². The molecule has 0 radical (unpaired) electrons. The van der Waals surface area contributed by atoms with Gasteiger partial charge in [0.25, 0.3) is 11.8 Å². The molecule has 4 rings (SSSR count). The van der Waals surface area contributed by atoms with E-state index in [-0.39, 0.29) is 18.4 Å². The lowest BCUT2D eigenvalue weighted by atomic mass is 9.83. The number of alkyl carbamates (subject to hydrolysis) is 1. The Bertz CT molecular complexity index is 1590. The number of rotatable bonds is 12. The molecule has 0 saturated carbocycles. The van der Waals surface area contributed by atoms with Crippen molar-refractivity contribution in [1.82, 2.24) is 15.5 Å². The van der Waals surface area contributed by atoms with Crippen LogP contribution in [0.5, 0.6) is 5.75 Å². The molecule has 1 aliphatic heterocycles. The molecule has 1 unspecified atom stereocenters. The minimum atomic E-state index is -1.30. The zero-order valence-electron chi connectivity index (χ0n) is 27.2. The summed E-state index contributed by atoms with van der Waals surface area (Å²) in [6.45, 7) is 6.64. The van der Waals surface area contributed by atoms with Crippen LogP contribution in [0.3, 0.4) is 0 Å². The standard InChI is InChI=1S/C35H42Cl2N4O5/c1-34(2,3)46-33(44)38-18-10-7-11-19-39-35(26-12-8-9-13-28(26)37)27-21-25(36)16-17-29(27)41(32(35)43)22-24-15-14-23(20-30(24)45-6)31(42)40(4)5/h8-9,12-17,20-21,39H,7,10-11,18-19,22H2,1-6H3,(H,38,44). The normalized spacial score (nSPS) is 15.8. The SMILES string of the molecule is COc1cc(C(=O)N(C)C)ccc1CN1C(=O)C(NCCCCCNC(=O)OC(C)(C)C)(c2ccccc2Cl)c2cc(Cl)ccc21. The number of amides is 3. The minimum Gasteiger partial charge on any atom is -0.496 e. The third kappa shape index (κ3) is 7.77. The highest BCUT2D eigenvalue weighted by Gasteiger charge is 2.53. The number of methoxy groups -OCH3 is 1. The number of carbonyl (C=O) groups is 3. The first-order chi connectivity index (χ1) is 21.8.